The van der Waals surface area contributed by atoms with Gasteiger partial charge in [0.15, 0.2) is 0 Å². The summed E-state index contributed by atoms with van der Waals surface area (Å²) in [5.74, 6) is 0. The summed E-state index contributed by atoms with van der Waals surface area (Å²) in [6.45, 7) is 4.74. The Kier molecular flexibility index (Phi) is 5.25. The van der Waals surface area contributed by atoms with Crippen molar-refractivity contribution in [1.82, 2.24) is 14.1 Å². The van der Waals surface area contributed by atoms with Gasteiger partial charge in [0.1, 0.15) is 0 Å². The minimum Gasteiger partial charge on any atom is -0.315 e. The SMILES string of the molecule is Cc1ccc(-n2ccc3ncc4c(=O)n(CCC5=CCCCC5)ccc4c3c2=O)cc1C. The molecule has 1 aromatic carbocycles. The molecule has 0 N–H and O–H groups in total. The van der Waals surface area contributed by atoms with E-state index in [0.29, 0.717) is 28.2 Å². The van der Waals surface area contributed by atoms with Gasteiger partial charge in [-0.2, -0.15) is 0 Å². The third-order valence-electron chi connectivity index (χ3n) is 6.70. The fourth-order valence-electron chi connectivity index (χ4n) is 4.61. The Morgan fingerprint density at radius 3 is 2.59 bits per heavy atom. The van der Waals surface area contributed by atoms with Crippen molar-refractivity contribution >= 4 is 21.7 Å². The van der Waals surface area contributed by atoms with E-state index in [-0.39, 0.29) is 11.1 Å². The van der Waals surface area contributed by atoms with Crippen LogP contribution in [0.3, 0.4) is 0 Å². The molecule has 1 aliphatic carbocycles. The molecular weight excluding hydrogens is 398 g/mol. The van der Waals surface area contributed by atoms with Crippen molar-refractivity contribution in [3.8, 4) is 5.69 Å². The van der Waals surface area contributed by atoms with E-state index in [1.54, 1.807) is 21.5 Å². The maximum atomic E-state index is 13.5. The summed E-state index contributed by atoms with van der Waals surface area (Å²) in [7, 11) is 0. The molecule has 4 aromatic rings. The lowest BCUT2D eigenvalue weighted by Crippen LogP contribution is -2.22. The number of nitrogens with zero attached hydrogens (tertiary/aromatic N) is 3. The molecule has 0 unspecified atom stereocenters. The van der Waals surface area contributed by atoms with Gasteiger partial charge in [0.25, 0.3) is 11.1 Å². The average molecular weight is 426 g/mol. The van der Waals surface area contributed by atoms with Gasteiger partial charge in [-0.3, -0.25) is 19.1 Å². The summed E-state index contributed by atoms with van der Waals surface area (Å²) in [6.07, 6.45) is 13.2. The van der Waals surface area contributed by atoms with Crippen LogP contribution in [0, 0.1) is 13.8 Å². The van der Waals surface area contributed by atoms with E-state index in [4.69, 9.17) is 0 Å². The minimum atomic E-state index is -0.159. The highest BCUT2D eigenvalue weighted by molar-refractivity contribution is 6.04. The molecule has 162 valence electrons. The molecule has 5 nitrogen and oxygen atoms in total. The molecule has 5 rings (SSSR count). The molecule has 0 saturated heterocycles. The van der Waals surface area contributed by atoms with E-state index in [0.717, 1.165) is 30.5 Å². The number of allylic oxidation sites excluding steroid dienone is 2. The van der Waals surface area contributed by atoms with Crippen LogP contribution in [-0.2, 0) is 6.54 Å². The largest absolute Gasteiger partial charge is 0.315 e. The number of hydrogen-bond acceptors (Lipinski definition) is 3. The second-order valence-electron chi connectivity index (χ2n) is 8.78. The van der Waals surface area contributed by atoms with Crippen molar-refractivity contribution < 1.29 is 0 Å². The number of hydrogen-bond donors (Lipinski definition) is 0. The normalized spacial score (nSPS) is 14.1. The number of benzene rings is 1. The highest BCUT2D eigenvalue weighted by Crippen LogP contribution is 2.22. The van der Waals surface area contributed by atoms with Crippen molar-refractivity contribution in [1.29, 1.82) is 0 Å². The van der Waals surface area contributed by atoms with Crippen molar-refractivity contribution in [2.75, 3.05) is 0 Å². The van der Waals surface area contributed by atoms with Crippen LogP contribution >= 0.6 is 0 Å². The van der Waals surface area contributed by atoms with Crippen LogP contribution in [0.2, 0.25) is 0 Å². The van der Waals surface area contributed by atoms with E-state index < -0.39 is 0 Å². The smallest absolute Gasteiger partial charge is 0.265 e. The predicted molar refractivity (Wildman–Crippen MR) is 130 cm³/mol. The molecule has 0 atom stereocenters. The van der Waals surface area contributed by atoms with Crippen LogP contribution in [0.15, 0.2) is 70.2 Å². The molecule has 0 radical (unpaired) electrons. The third kappa shape index (κ3) is 3.58. The number of aryl methyl sites for hydroxylation is 3. The summed E-state index contributed by atoms with van der Waals surface area (Å²) < 4.78 is 3.38. The van der Waals surface area contributed by atoms with E-state index >= 15 is 0 Å². The summed E-state index contributed by atoms with van der Waals surface area (Å²) in [5, 5.41) is 1.64. The number of fused-ring (bicyclic) bond motifs is 3. The fraction of sp³-hybridized carbons (Fsp3) is 0.296. The maximum absolute atomic E-state index is 13.5. The summed E-state index contributed by atoms with van der Waals surface area (Å²) in [4.78, 5) is 31.1. The zero-order chi connectivity index (χ0) is 22.2. The molecule has 0 spiro atoms. The molecule has 3 heterocycles. The lowest BCUT2D eigenvalue weighted by atomic mass is 9.97. The minimum absolute atomic E-state index is 0.0886. The van der Waals surface area contributed by atoms with Crippen molar-refractivity contribution in [2.24, 2.45) is 0 Å². The van der Waals surface area contributed by atoms with Crippen LogP contribution in [0.1, 0.15) is 43.2 Å². The average Bonchev–Trinajstić information content (AvgIpc) is 2.81. The fourth-order valence-corrected chi connectivity index (χ4v) is 4.61. The predicted octanol–water partition coefficient (Wildman–Crippen LogP) is 5.21. The third-order valence-corrected chi connectivity index (χ3v) is 6.70. The molecule has 0 bridgehead atoms. The first kappa shape index (κ1) is 20.4. The highest BCUT2D eigenvalue weighted by Gasteiger charge is 2.13. The Balaban J connectivity index is 1.61. The standard InChI is InChI=1S/C27H27N3O2/c1-18-8-9-21(16-19(18)2)30-15-12-24-25(27(30)32)22-11-14-29(26(31)23(22)17-28-24)13-10-20-6-4-3-5-7-20/h6,8-9,11-12,14-17H,3-5,7,10,13H2,1-2H3. The Hall–Kier alpha value is -3.47. The quantitative estimate of drug-likeness (QED) is 0.333. The van der Waals surface area contributed by atoms with Gasteiger partial charge >= 0.3 is 0 Å². The van der Waals surface area contributed by atoms with Gasteiger partial charge in [0.2, 0.25) is 0 Å². The van der Waals surface area contributed by atoms with Gasteiger partial charge in [0.05, 0.1) is 16.3 Å². The summed E-state index contributed by atoms with van der Waals surface area (Å²) in [5.41, 5.74) is 4.91. The molecule has 5 heteroatoms. The summed E-state index contributed by atoms with van der Waals surface area (Å²) >= 11 is 0. The molecule has 3 aromatic heterocycles. The van der Waals surface area contributed by atoms with Crippen molar-refractivity contribution in [3.05, 3.63) is 92.4 Å². The molecule has 0 fully saturated rings. The maximum Gasteiger partial charge on any atom is 0.265 e. The van der Waals surface area contributed by atoms with E-state index in [2.05, 4.69) is 18.0 Å². The Labute approximate surface area is 186 Å². The number of pyridine rings is 3. The lowest BCUT2D eigenvalue weighted by Gasteiger charge is -2.14. The Bertz CT molecular complexity index is 1490. The van der Waals surface area contributed by atoms with E-state index in [1.807, 2.05) is 43.5 Å². The van der Waals surface area contributed by atoms with Crippen molar-refractivity contribution in [2.45, 2.75) is 52.5 Å². The molecule has 32 heavy (non-hydrogen) atoms. The van der Waals surface area contributed by atoms with Crippen LogP contribution in [-0.4, -0.2) is 14.1 Å². The van der Waals surface area contributed by atoms with Gasteiger partial charge in [-0.1, -0.05) is 17.7 Å². The lowest BCUT2D eigenvalue weighted by molar-refractivity contribution is 0.616. The zero-order valence-electron chi connectivity index (χ0n) is 18.6. The summed E-state index contributed by atoms with van der Waals surface area (Å²) in [6, 6.07) is 9.70. The van der Waals surface area contributed by atoms with Crippen LogP contribution in [0.4, 0.5) is 0 Å². The van der Waals surface area contributed by atoms with Gasteiger partial charge in [-0.05, 0) is 81.3 Å². The van der Waals surface area contributed by atoms with Crippen molar-refractivity contribution in [3.63, 3.8) is 0 Å². The number of aromatic nitrogens is 3. The van der Waals surface area contributed by atoms with Crippen LogP contribution < -0.4 is 11.1 Å². The van der Waals surface area contributed by atoms with Crippen LogP contribution in [0.25, 0.3) is 27.4 Å². The van der Waals surface area contributed by atoms with Crippen LogP contribution in [0.5, 0.6) is 0 Å². The first-order valence-corrected chi connectivity index (χ1v) is 11.3. The zero-order valence-corrected chi connectivity index (χ0v) is 18.6. The van der Waals surface area contributed by atoms with Gasteiger partial charge in [0, 0.05) is 36.2 Å². The van der Waals surface area contributed by atoms with Gasteiger partial charge < -0.3 is 4.57 Å². The first-order valence-electron chi connectivity index (χ1n) is 11.3. The Morgan fingerprint density at radius 2 is 1.81 bits per heavy atom. The number of rotatable bonds is 4. The second kappa shape index (κ2) is 8.23. The van der Waals surface area contributed by atoms with E-state index in [9.17, 15) is 9.59 Å². The van der Waals surface area contributed by atoms with E-state index in [1.165, 1.54) is 24.0 Å². The highest BCUT2D eigenvalue weighted by atomic mass is 16.1. The molecule has 0 amide bonds. The molecule has 0 saturated carbocycles. The second-order valence-corrected chi connectivity index (χ2v) is 8.78. The monoisotopic (exact) mass is 425 g/mol. The van der Waals surface area contributed by atoms with Gasteiger partial charge in [-0.25, -0.2) is 0 Å². The topological polar surface area (TPSA) is 56.9 Å². The first-order chi connectivity index (χ1) is 15.5. The van der Waals surface area contributed by atoms with Gasteiger partial charge in [-0.15, -0.1) is 0 Å². The Morgan fingerprint density at radius 1 is 0.938 bits per heavy atom. The molecule has 1 aliphatic rings. The molecule has 0 aliphatic heterocycles. The molecular formula is C27H27N3O2.